The maximum absolute atomic E-state index is 11.6. The molecule has 0 aliphatic carbocycles. The zero-order valence-corrected chi connectivity index (χ0v) is 20.1. The second kappa shape index (κ2) is 24.6. The third-order valence-corrected chi connectivity index (χ3v) is 3.43. The molecule has 0 fully saturated rings. The zero-order valence-electron chi connectivity index (χ0n) is 20.1. The van der Waals surface area contributed by atoms with E-state index in [1.807, 2.05) is 45.0 Å². The predicted octanol–water partition coefficient (Wildman–Crippen LogP) is 5.65. The third kappa shape index (κ3) is 26.6. The summed E-state index contributed by atoms with van der Waals surface area (Å²) in [7, 11) is 1.67. The Kier molecular flexibility index (Phi) is 27.4. The molecule has 0 aliphatic heterocycles. The molecule has 0 heterocycles. The van der Waals surface area contributed by atoms with Gasteiger partial charge < -0.3 is 20.3 Å². The second-order valence-electron chi connectivity index (χ2n) is 7.24. The van der Waals surface area contributed by atoms with Gasteiger partial charge in [-0.25, -0.2) is 0 Å². The lowest BCUT2D eigenvalue weighted by molar-refractivity contribution is -0.116. The van der Waals surface area contributed by atoms with E-state index in [4.69, 9.17) is 14.9 Å². The highest BCUT2D eigenvalue weighted by molar-refractivity contribution is 5.90. The number of aliphatic hydroxyl groups is 2. The molecule has 0 unspecified atom stereocenters. The average Bonchev–Trinajstić information content (AvgIpc) is 2.70. The molecule has 1 aromatic rings. The van der Waals surface area contributed by atoms with Crippen LogP contribution in [0.15, 0.2) is 24.3 Å². The van der Waals surface area contributed by atoms with Crippen LogP contribution in [0.3, 0.4) is 0 Å². The third-order valence-electron chi connectivity index (χ3n) is 3.43. The first kappa shape index (κ1) is 32.2. The van der Waals surface area contributed by atoms with Crippen LogP contribution in [-0.2, 0) is 16.1 Å². The number of carbonyl (C=O) groups excluding carboxylic acids is 1. The van der Waals surface area contributed by atoms with Crippen LogP contribution in [0.4, 0.5) is 5.69 Å². The number of ether oxygens (including phenoxy) is 1. The molecule has 0 saturated heterocycles. The molecule has 29 heavy (non-hydrogen) atoms. The predicted molar refractivity (Wildman–Crippen MR) is 125 cm³/mol. The molecule has 5 nitrogen and oxygen atoms in total. The number of nitrogens with one attached hydrogen (secondary N) is 1. The van der Waals surface area contributed by atoms with Gasteiger partial charge in [-0.1, -0.05) is 60.6 Å². The molecule has 0 bridgehead atoms. The van der Waals surface area contributed by atoms with E-state index in [1.54, 1.807) is 7.11 Å². The Bertz CT molecular complexity index is 443. The van der Waals surface area contributed by atoms with Crippen molar-refractivity contribution in [2.45, 2.75) is 80.8 Å². The summed E-state index contributed by atoms with van der Waals surface area (Å²) in [4.78, 5) is 11.6. The zero-order chi connectivity index (χ0) is 23.1. The largest absolute Gasteiger partial charge is 0.396 e. The summed E-state index contributed by atoms with van der Waals surface area (Å²) in [5, 5.41) is 19.0. The number of benzene rings is 1. The summed E-state index contributed by atoms with van der Waals surface area (Å²) in [6, 6.07) is 7.73. The van der Waals surface area contributed by atoms with Crippen molar-refractivity contribution in [2.24, 2.45) is 11.8 Å². The van der Waals surface area contributed by atoms with E-state index in [-0.39, 0.29) is 5.91 Å². The SMILES string of the molecule is CC.CC(C)CCO.CCCO.COCc1ccc(NC(=O)CCC(C)C)cc1. The van der Waals surface area contributed by atoms with Gasteiger partial charge in [0.2, 0.25) is 5.91 Å². The van der Waals surface area contributed by atoms with E-state index >= 15 is 0 Å². The first-order valence-electron chi connectivity index (χ1n) is 10.9. The Morgan fingerprint density at radius 2 is 1.45 bits per heavy atom. The highest BCUT2D eigenvalue weighted by Gasteiger charge is 2.04. The molecule has 0 spiro atoms. The fraction of sp³-hybridized carbons (Fsp3) is 0.708. The molecule has 0 atom stereocenters. The van der Waals surface area contributed by atoms with Gasteiger partial charge in [0.1, 0.15) is 0 Å². The van der Waals surface area contributed by atoms with Crippen molar-refractivity contribution in [1.82, 2.24) is 0 Å². The summed E-state index contributed by atoms with van der Waals surface area (Å²) in [5.74, 6) is 1.29. The number of hydrogen-bond acceptors (Lipinski definition) is 4. The van der Waals surface area contributed by atoms with Crippen molar-refractivity contribution in [3.05, 3.63) is 29.8 Å². The van der Waals surface area contributed by atoms with Crippen molar-refractivity contribution in [1.29, 1.82) is 0 Å². The summed E-state index contributed by atoms with van der Waals surface area (Å²) >= 11 is 0. The molecule has 0 saturated carbocycles. The Hall–Kier alpha value is -1.43. The molecular formula is C24H47NO4. The van der Waals surface area contributed by atoms with Gasteiger partial charge >= 0.3 is 0 Å². The number of amides is 1. The average molecular weight is 414 g/mol. The lowest BCUT2D eigenvalue weighted by Crippen LogP contribution is -2.12. The van der Waals surface area contributed by atoms with E-state index in [0.29, 0.717) is 38.1 Å². The summed E-state index contributed by atoms with van der Waals surface area (Å²) in [6.45, 7) is 15.6. The van der Waals surface area contributed by atoms with Crippen LogP contribution >= 0.6 is 0 Å². The molecule has 1 aromatic carbocycles. The van der Waals surface area contributed by atoms with Crippen molar-refractivity contribution >= 4 is 11.6 Å². The molecule has 0 radical (unpaired) electrons. The molecule has 0 aliphatic rings. The molecule has 0 aromatic heterocycles. The second-order valence-corrected chi connectivity index (χ2v) is 7.24. The summed E-state index contributed by atoms with van der Waals surface area (Å²) in [5.41, 5.74) is 1.95. The number of rotatable bonds is 9. The van der Waals surface area contributed by atoms with Crippen LogP contribution < -0.4 is 5.32 Å². The molecule has 1 rings (SSSR count). The first-order chi connectivity index (χ1) is 13.8. The van der Waals surface area contributed by atoms with Crippen LogP contribution in [0.5, 0.6) is 0 Å². The van der Waals surface area contributed by atoms with Gasteiger partial charge in [-0.15, -0.1) is 0 Å². The van der Waals surface area contributed by atoms with E-state index in [1.165, 1.54) is 0 Å². The van der Waals surface area contributed by atoms with Gasteiger partial charge in [-0.2, -0.15) is 0 Å². The fourth-order valence-corrected chi connectivity index (χ4v) is 1.75. The monoisotopic (exact) mass is 413 g/mol. The van der Waals surface area contributed by atoms with Crippen molar-refractivity contribution < 1.29 is 19.7 Å². The minimum atomic E-state index is 0.0817. The first-order valence-corrected chi connectivity index (χ1v) is 10.9. The topological polar surface area (TPSA) is 78.8 Å². The number of hydrogen-bond donors (Lipinski definition) is 3. The Morgan fingerprint density at radius 3 is 1.76 bits per heavy atom. The minimum absolute atomic E-state index is 0.0817. The highest BCUT2D eigenvalue weighted by Crippen LogP contribution is 2.12. The van der Waals surface area contributed by atoms with E-state index in [0.717, 1.165) is 30.5 Å². The molecule has 172 valence electrons. The van der Waals surface area contributed by atoms with Crippen molar-refractivity contribution in [3.8, 4) is 0 Å². The molecular weight excluding hydrogens is 366 g/mol. The van der Waals surface area contributed by atoms with Crippen LogP contribution in [0.1, 0.15) is 79.7 Å². The van der Waals surface area contributed by atoms with Crippen molar-refractivity contribution in [3.63, 3.8) is 0 Å². The normalized spacial score (nSPS) is 9.52. The van der Waals surface area contributed by atoms with E-state index < -0.39 is 0 Å². The Labute approximate surface area is 179 Å². The smallest absolute Gasteiger partial charge is 0.224 e. The standard InChI is InChI=1S/C14H21NO2.C5H12O.C3H8O.C2H6/c1-11(2)4-9-14(16)15-13-7-5-12(6-8-13)10-17-3;1-5(2)3-4-6;1-2-3-4;1-2/h5-8,11H,4,9-10H2,1-3H3,(H,15,16);5-6H,3-4H2,1-2H3;4H,2-3H2,1H3;1-2H3. The minimum Gasteiger partial charge on any atom is -0.396 e. The maximum Gasteiger partial charge on any atom is 0.224 e. The quantitative estimate of drug-likeness (QED) is 0.489. The van der Waals surface area contributed by atoms with E-state index in [9.17, 15) is 4.79 Å². The van der Waals surface area contributed by atoms with Gasteiger partial charge in [-0.3, -0.25) is 4.79 Å². The highest BCUT2D eigenvalue weighted by atomic mass is 16.5. The molecule has 3 N–H and O–H groups in total. The lowest BCUT2D eigenvalue weighted by atomic mass is 10.1. The van der Waals surface area contributed by atoms with Gasteiger partial charge in [-0.05, 0) is 48.8 Å². The van der Waals surface area contributed by atoms with Crippen LogP contribution in [0.2, 0.25) is 0 Å². The fourth-order valence-electron chi connectivity index (χ4n) is 1.75. The number of carbonyl (C=O) groups is 1. The van der Waals surface area contributed by atoms with Crippen LogP contribution in [0, 0.1) is 11.8 Å². The number of aliphatic hydroxyl groups excluding tert-OH is 2. The summed E-state index contributed by atoms with van der Waals surface area (Å²) in [6.07, 6.45) is 3.31. The Morgan fingerprint density at radius 1 is 0.966 bits per heavy atom. The van der Waals surface area contributed by atoms with Gasteiger partial charge in [0.15, 0.2) is 0 Å². The van der Waals surface area contributed by atoms with Crippen LogP contribution in [-0.4, -0.2) is 36.4 Å². The molecule has 1 amide bonds. The van der Waals surface area contributed by atoms with E-state index in [2.05, 4.69) is 33.0 Å². The number of anilines is 1. The van der Waals surface area contributed by atoms with Gasteiger partial charge in [0.05, 0.1) is 6.61 Å². The lowest BCUT2D eigenvalue weighted by Gasteiger charge is -2.07. The van der Waals surface area contributed by atoms with Gasteiger partial charge in [0, 0.05) is 32.4 Å². The number of methoxy groups -OCH3 is 1. The van der Waals surface area contributed by atoms with Crippen molar-refractivity contribution in [2.75, 3.05) is 25.6 Å². The van der Waals surface area contributed by atoms with Crippen LogP contribution in [0.25, 0.3) is 0 Å². The maximum atomic E-state index is 11.6. The Balaban J connectivity index is -0.000000466. The molecule has 5 heteroatoms. The van der Waals surface area contributed by atoms with Gasteiger partial charge in [0.25, 0.3) is 0 Å². The summed E-state index contributed by atoms with van der Waals surface area (Å²) < 4.78 is 5.03.